The van der Waals surface area contributed by atoms with E-state index in [-0.39, 0.29) is 18.9 Å². The third-order valence-electron chi connectivity index (χ3n) is 1.93. The van der Waals surface area contributed by atoms with Crippen LogP contribution in [0.3, 0.4) is 0 Å². The molecule has 0 rings (SSSR count). The van der Waals surface area contributed by atoms with Crippen LogP contribution in [0.25, 0.3) is 0 Å². The molecule has 6 nitrogen and oxygen atoms in total. The van der Waals surface area contributed by atoms with Crippen LogP contribution in [0.4, 0.5) is 0 Å². The Balaban J connectivity index is 4.10. The maximum atomic E-state index is 11.6. The standard InChI is InChI=1S/C8H19NO5S2/c1-4-5-8-16(12,13)9(2)6-7-14-15(3,10)11/h4-8H2,1-3H3. The van der Waals surface area contributed by atoms with Crippen LogP contribution >= 0.6 is 0 Å². The van der Waals surface area contributed by atoms with Gasteiger partial charge in [0.15, 0.2) is 0 Å². The molecule has 0 bridgehead atoms. The van der Waals surface area contributed by atoms with Gasteiger partial charge in [-0.25, -0.2) is 12.7 Å². The van der Waals surface area contributed by atoms with Crippen molar-refractivity contribution in [2.75, 3.05) is 32.2 Å². The number of unbranched alkanes of at least 4 members (excludes halogenated alkanes) is 1. The van der Waals surface area contributed by atoms with Crippen molar-refractivity contribution in [1.82, 2.24) is 4.31 Å². The van der Waals surface area contributed by atoms with E-state index >= 15 is 0 Å². The summed E-state index contributed by atoms with van der Waals surface area (Å²) in [7, 11) is -5.37. The van der Waals surface area contributed by atoms with Crippen molar-refractivity contribution in [1.29, 1.82) is 0 Å². The molecule has 98 valence electrons. The van der Waals surface area contributed by atoms with E-state index in [9.17, 15) is 16.8 Å². The molecule has 0 saturated carbocycles. The minimum Gasteiger partial charge on any atom is -0.269 e. The maximum absolute atomic E-state index is 11.6. The first-order valence-electron chi connectivity index (χ1n) is 4.97. The maximum Gasteiger partial charge on any atom is 0.264 e. The van der Waals surface area contributed by atoms with E-state index in [1.54, 1.807) is 0 Å². The van der Waals surface area contributed by atoms with Gasteiger partial charge in [-0.3, -0.25) is 4.18 Å². The van der Waals surface area contributed by atoms with Gasteiger partial charge in [0.1, 0.15) is 0 Å². The highest BCUT2D eigenvalue weighted by Crippen LogP contribution is 2.02. The molecular formula is C8H19NO5S2. The number of hydrogen-bond donors (Lipinski definition) is 0. The van der Waals surface area contributed by atoms with Gasteiger partial charge in [0.25, 0.3) is 10.1 Å². The minimum atomic E-state index is -3.50. The van der Waals surface area contributed by atoms with Gasteiger partial charge in [-0.1, -0.05) is 13.3 Å². The Labute approximate surface area is 97.8 Å². The molecule has 0 aliphatic carbocycles. The summed E-state index contributed by atoms with van der Waals surface area (Å²) in [5.74, 6) is 0.0822. The molecule has 8 heteroatoms. The lowest BCUT2D eigenvalue weighted by atomic mass is 10.4. The van der Waals surface area contributed by atoms with Gasteiger partial charge in [0.2, 0.25) is 10.0 Å². The lowest BCUT2D eigenvalue weighted by molar-refractivity contribution is 0.292. The van der Waals surface area contributed by atoms with Crippen molar-refractivity contribution in [3.63, 3.8) is 0 Å². The second-order valence-corrected chi connectivity index (χ2v) is 7.36. The van der Waals surface area contributed by atoms with Gasteiger partial charge in [-0.15, -0.1) is 0 Å². The minimum absolute atomic E-state index is 0.0408. The summed E-state index contributed by atoms with van der Waals surface area (Å²) >= 11 is 0. The molecular weight excluding hydrogens is 254 g/mol. The zero-order valence-electron chi connectivity index (χ0n) is 9.84. The second kappa shape index (κ2) is 6.53. The molecule has 0 heterocycles. The number of nitrogens with zero attached hydrogens (tertiary/aromatic N) is 1. The highest BCUT2D eigenvalue weighted by molar-refractivity contribution is 7.89. The van der Waals surface area contributed by atoms with Gasteiger partial charge in [0.05, 0.1) is 18.6 Å². The van der Waals surface area contributed by atoms with Gasteiger partial charge >= 0.3 is 0 Å². The monoisotopic (exact) mass is 273 g/mol. The predicted octanol–water partition coefficient (Wildman–Crippen LogP) is 0.0243. The van der Waals surface area contributed by atoms with E-state index in [1.807, 2.05) is 6.92 Å². The molecule has 0 aromatic carbocycles. The zero-order chi connectivity index (χ0) is 12.8. The zero-order valence-corrected chi connectivity index (χ0v) is 11.5. The van der Waals surface area contributed by atoms with Crippen molar-refractivity contribution in [2.45, 2.75) is 19.8 Å². The highest BCUT2D eigenvalue weighted by Gasteiger charge is 2.17. The summed E-state index contributed by atoms with van der Waals surface area (Å²) < 4.78 is 50.0. The van der Waals surface area contributed by atoms with Crippen molar-refractivity contribution in [3.8, 4) is 0 Å². The van der Waals surface area contributed by atoms with Crippen LogP contribution in [-0.4, -0.2) is 53.3 Å². The molecule has 0 fully saturated rings. The summed E-state index contributed by atoms with van der Waals surface area (Å²) in [6, 6.07) is 0. The summed E-state index contributed by atoms with van der Waals surface area (Å²) in [4.78, 5) is 0. The van der Waals surface area contributed by atoms with E-state index in [4.69, 9.17) is 0 Å². The first-order valence-corrected chi connectivity index (χ1v) is 8.40. The Morgan fingerprint density at radius 1 is 1.19 bits per heavy atom. The molecule has 0 saturated heterocycles. The van der Waals surface area contributed by atoms with Crippen molar-refractivity contribution < 1.29 is 21.0 Å². The van der Waals surface area contributed by atoms with Crippen LogP contribution in [0.1, 0.15) is 19.8 Å². The number of hydrogen-bond acceptors (Lipinski definition) is 5. The van der Waals surface area contributed by atoms with Gasteiger partial charge < -0.3 is 0 Å². The fourth-order valence-corrected chi connectivity index (χ4v) is 2.63. The summed E-state index contributed by atoms with van der Waals surface area (Å²) in [5, 5.41) is 0. The van der Waals surface area contributed by atoms with Crippen LogP contribution in [0.15, 0.2) is 0 Å². The highest BCUT2D eigenvalue weighted by atomic mass is 32.2. The molecule has 0 aromatic rings. The second-order valence-electron chi connectivity index (χ2n) is 3.52. The Morgan fingerprint density at radius 2 is 1.75 bits per heavy atom. The topological polar surface area (TPSA) is 80.8 Å². The van der Waals surface area contributed by atoms with Crippen molar-refractivity contribution >= 4 is 20.1 Å². The van der Waals surface area contributed by atoms with Gasteiger partial charge in [-0.05, 0) is 6.42 Å². The normalized spacial score (nSPS) is 13.2. The average molecular weight is 273 g/mol. The van der Waals surface area contributed by atoms with Gasteiger partial charge in [0, 0.05) is 13.6 Å². The number of sulfonamides is 1. The Morgan fingerprint density at radius 3 is 2.19 bits per heavy atom. The number of rotatable bonds is 8. The van der Waals surface area contributed by atoms with E-state index < -0.39 is 20.1 Å². The summed E-state index contributed by atoms with van der Waals surface area (Å²) in [6.45, 7) is 1.79. The van der Waals surface area contributed by atoms with Crippen molar-refractivity contribution in [2.24, 2.45) is 0 Å². The average Bonchev–Trinajstić information content (AvgIpc) is 2.12. The molecule has 16 heavy (non-hydrogen) atoms. The molecule has 0 aliphatic heterocycles. The van der Waals surface area contributed by atoms with Crippen LogP contribution in [0.5, 0.6) is 0 Å². The van der Waals surface area contributed by atoms with E-state index in [0.29, 0.717) is 6.42 Å². The van der Waals surface area contributed by atoms with Crippen LogP contribution in [0, 0.1) is 0 Å². The molecule has 0 aliphatic rings. The molecule has 0 radical (unpaired) electrons. The fourth-order valence-electron chi connectivity index (χ4n) is 0.939. The first kappa shape index (κ1) is 15.8. The van der Waals surface area contributed by atoms with E-state index in [0.717, 1.165) is 17.0 Å². The fraction of sp³-hybridized carbons (Fsp3) is 1.00. The molecule has 0 atom stereocenters. The summed E-state index contributed by atoms with van der Waals surface area (Å²) in [6.07, 6.45) is 2.32. The molecule has 0 N–H and O–H groups in total. The first-order chi connectivity index (χ1) is 7.19. The molecule has 0 unspecified atom stereocenters. The van der Waals surface area contributed by atoms with E-state index in [2.05, 4.69) is 4.18 Å². The quantitative estimate of drug-likeness (QED) is 0.583. The van der Waals surface area contributed by atoms with Crippen molar-refractivity contribution in [3.05, 3.63) is 0 Å². The molecule has 0 aromatic heterocycles. The van der Waals surface area contributed by atoms with Gasteiger partial charge in [-0.2, -0.15) is 8.42 Å². The number of likely N-dealkylation sites (N-methyl/N-ethyl adjacent to an activating group) is 1. The SMILES string of the molecule is CCCCS(=O)(=O)N(C)CCOS(C)(=O)=O. The Kier molecular flexibility index (Phi) is 6.46. The molecule has 0 amide bonds. The smallest absolute Gasteiger partial charge is 0.264 e. The molecule has 0 spiro atoms. The van der Waals surface area contributed by atoms with E-state index in [1.165, 1.54) is 7.05 Å². The van der Waals surface area contributed by atoms with Crippen LogP contribution in [-0.2, 0) is 24.3 Å². The lowest BCUT2D eigenvalue weighted by Crippen LogP contribution is -2.32. The predicted molar refractivity (Wildman–Crippen MR) is 62.1 cm³/mol. The summed E-state index contributed by atoms with van der Waals surface area (Å²) in [5.41, 5.74) is 0. The largest absolute Gasteiger partial charge is 0.269 e. The van der Waals surface area contributed by atoms with Crippen LogP contribution in [0.2, 0.25) is 0 Å². The Bertz CT molecular complexity index is 387. The lowest BCUT2D eigenvalue weighted by Gasteiger charge is -2.16. The third-order valence-corrected chi connectivity index (χ3v) is 4.47. The Hall–Kier alpha value is -0.180. The van der Waals surface area contributed by atoms with Crippen LogP contribution < -0.4 is 0 Å². The third kappa shape index (κ3) is 7.15.